The number of amides is 1. The summed E-state index contributed by atoms with van der Waals surface area (Å²) >= 11 is 3.43. The van der Waals surface area contributed by atoms with Gasteiger partial charge in [-0.25, -0.2) is 8.42 Å². The molecule has 2 aromatic carbocycles. The molecule has 0 bridgehead atoms. The number of benzene rings is 2. The number of rotatable bonds is 6. The second-order valence-electron chi connectivity index (χ2n) is 7.01. The van der Waals surface area contributed by atoms with Gasteiger partial charge in [-0.3, -0.25) is 4.79 Å². The van der Waals surface area contributed by atoms with Crippen molar-refractivity contribution in [1.29, 1.82) is 0 Å². The van der Waals surface area contributed by atoms with Gasteiger partial charge in [-0.2, -0.15) is 4.31 Å². The summed E-state index contributed by atoms with van der Waals surface area (Å²) in [5.41, 5.74) is 1.07. The normalized spacial score (nSPS) is 17.2. The largest absolute Gasteiger partial charge is 0.349 e. The van der Waals surface area contributed by atoms with Gasteiger partial charge in [0.15, 0.2) is 0 Å². The van der Waals surface area contributed by atoms with Crippen LogP contribution in [0.4, 0.5) is 0 Å². The standard InChI is InChI=1S/C21H25BrN2O3S/c1-2-20(16-8-10-18(22)11-9-16)23-21(25)17-12-14-24(15-13-17)28(26,27)19-6-4-3-5-7-19/h3-11,17,20H,2,12-15H2,1H3,(H,23,25). The van der Waals surface area contributed by atoms with Crippen molar-refractivity contribution in [3.05, 3.63) is 64.6 Å². The van der Waals surface area contributed by atoms with Gasteiger partial charge in [0.25, 0.3) is 0 Å². The van der Waals surface area contributed by atoms with Crippen LogP contribution in [0.1, 0.15) is 37.8 Å². The minimum Gasteiger partial charge on any atom is -0.349 e. The van der Waals surface area contributed by atoms with Crippen molar-refractivity contribution in [3.63, 3.8) is 0 Å². The van der Waals surface area contributed by atoms with Gasteiger partial charge in [0.1, 0.15) is 0 Å². The molecule has 7 heteroatoms. The summed E-state index contributed by atoms with van der Waals surface area (Å²) < 4.78 is 27.9. The Morgan fingerprint density at radius 2 is 1.71 bits per heavy atom. The molecule has 2 aromatic rings. The molecule has 0 spiro atoms. The van der Waals surface area contributed by atoms with Crippen LogP contribution >= 0.6 is 15.9 Å². The number of nitrogens with zero attached hydrogens (tertiary/aromatic N) is 1. The van der Waals surface area contributed by atoms with Crippen molar-refractivity contribution in [2.45, 2.75) is 37.1 Å². The molecular formula is C21H25BrN2O3S. The van der Waals surface area contributed by atoms with Crippen molar-refractivity contribution >= 4 is 31.9 Å². The van der Waals surface area contributed by atoms with Crippen LogP contribution in [-0.2, 0) is 14.8 Å². The molecule has 28 heavy (non-hydrogen) atoms. The van der Waals surface area contributed by atoms with Gasteiger partial charge in [-0.15, -0.1) is 0 Å². The highest BCUT2D eigenvalue weighted by molar-refractivity contribution is 9.10. The van der Waals surface area contributed by atoms with Crippen LogP contribution < -0.4 is 5.32 Å². The third kappa shape index (κ3) is 4.82. The summed E-state index contributed by atoms with van der Waals surface area (Å²) in [6.45, 7) is 2.77. The van der Waals surface area contributed by atoms with E-state index in [9.17, 15) is 13.2 Å². The summed E-state index contributed by atoms with van der Waals surface area (Å²) in [6, 6.07) is 16.4. The molecule has 1 fully saturated rings. The van der Waals surface area contributed by atoms with Crippen molar-refractivity contribution in [1.82, 2.24) is 9.62 Å². The number of halogens is 1. The first-order valence-electron chi connectivity index (χ1n) is 9.53. The van der Waals surface area contributed by atoms with Crippen LogP contribution in [0.5, 0.6) is 0 Å². The lowest BCUT2D eigenvalue weighted by Gasteiger charge is -2.31. The molecule has 3 rings (SSSR count). The zero-order chi connectivity index (χ0) is 20.1. The third-order valence-corrected chi connectivity index (χ3v) is 7.64. The Morgan fingerprint density at radius 3 is 2.29 bits per heavy atom. The quantitative estimate of drug-likeness (QED) is 0.698. The summed E-state index contributed by atoms with van der Waals surface area (Å²) in [4.78, 5) is 13.1. The predicted octanol–water partition coefficient (Wildman–Crippen LogP) is 4.12. The molecule has 1 saturated heterocycles. The lowest BCUT2D eigenvalue weighted by molar-refractivity contribution is -0.126. The molecule has 150 valence electrons. The van der Waals surface area contributed by atoms with E-state index in [2.05, 4.69) is 21.2 Å². The fourth-order valence-electron chi connectivity index (χ4n) is 3.51. The minimum absolute atomic E-state index is 0.00604. The van der Waals surface area contributed by atoms with Crippen LogP contribution in [0.15, 0.2) is 64.0 Å². The number of nitrogens with one attached hydrogen (secondary N) is 1. The van der Waals surface area contributed by atoms with Crippen molar-refractivity contribution < 1.29 is 13.2 Å². The van der Waals surface area contributed by atoms with Gasteiger partial charge in [-0.05, 0) is 49.1 Å². The Balaban J connectivity index is 1.59. The maximum atomic E-state index is 12.7. The molecule has 1 aliphatic rings. The van der Waals surface area contributed by atoms with Gasteiger partial charge < -0.3 is 5.32 Å². The summed E-state index contributed by atoms with van der Waals surface area (Å²) in [7, 11) is -3.49. The molecule has 1 heterocycles. The summed E-state index contributed by atoms with van der Waals surface area (Å²) in [6.07, 6.45) is 1.87. The van der Waals surface area contributed by atoms with Crippen LogP contribution in [0.2, 0.25) is 0 Å². The highest BCUT2D eigenvalue weighted by Crippen LogP contribution is 2.25. The average Bonchev–Trinajstić information content (AvgIpc) is 2.73. The minimum atomic E-state index is -3.49. The van der Waals surface area contributed by atoms with E-state index in [-0.39, 0.29) is 17.9 Å². The Morgan fingerprint density at radius 1 is 1.11 bits per heavy atom. The Kier molecular flexibility index (Phi) is 6.91. The van der Waals surface area contributed by atoms with Crippen LogP contribution in [0.25, 0.3) is 0 Å². The molecule has 0 saturated carbocycles. The van der Waals surface area contributed by atoms with Gasteiger partial charge in [0.05, 0.1) is 10.9 Å². The number of sulfonamides is 1. The first kappa shape index (κ1) is 21.0. The molecule has 0 aromatic heterocycles. The van der Waals surface area contributed by atoms with E-state index in [1.165, 1.54) is 4.31 Å². The first-order chi connectivity index (χ1) is 13.4. The molecule has 1 unspecified atom stereocenters. The molecule has 1 N–H and O–H groups in total. The first-order valence-corrected chi connectivity index (χ1v) is 11.8. The number of hydrogen-bond acceptors (Lipinski definition) is 3. The predicted molar refractivity (Wildman–Crippen MR) is 113 cm³/mol. The third-order valence-electron chi connectivity index (χ3n) is 5.20. The molecule has 1 aliphatic heterocycles. The SMILES string of the molecule is CCC(NC(=O)C1CCN(S(=O)(=O)c2ccccc2)CC1)c1ccc(Br)cc1. The lowest BCUT2D eigenvalue weighted by Crippen LogP contribution is -2.43. The monoisotopic (exact) mass is 464 g/mol. The topological polar surface area (TPSA) is 66.5 Å². The maximum Gasteiger partial charge on any atom is 0.243 e. The Bertz CT molecular complexity index is 893. The van der Waals surface area contributed by atoms with Crippen LogP contribution in [-0.4, -0.2) is 31.7 Å². The van der Waals surface area contributed by atoms with Crippen molar-refractivity contribution in [2.75, 3.05) is 13.1 Å². The van der Waals surface area contributed by atoms with Gasteiger partial charge in [0, 0.05) is 23.5 Å². The maximum absolute atomic E-state index is 12.7. The molecule has 1 atom stereocenters. The zero-order valence-corrected chi connectivity index (χ0v) is 18.2. The second kappa shape index (κ2) is 9.20. The highest BCUT2D eigenvalue weighted by Gasteiger charge is 2.32. The molecule has 1 amide bonds. The fraction of sp³-hybridized carbons (Fsp3) is 0.381. The second-order valence-corrected chi connectivity index (χ2v) is 9.87. The van der Waals surface area contributed by atoms with E-state index >= 15 is 0 Å². The van der Waals surface area contributed by atoms with Gasteiger partial charge in [-0.1, -0.05) is 53.2 Å². The summed E-state index contributed by atoms with van der Waals surface area (Å²) in [5.74, 6) is -0.154. The number of hydrogen-bond donors (Lipinski definition) is 1. The zero-order valence-electron chi connectivity index (χ0n) is 15.8. The average molecular weight is 465 g/mol. The molecule has 0 aliphatic carbocycles. The van der Waals surface area contributed by atoms with E-state index in [4.69, 9.17) is 0 Å². The van der Waals surface area contributed by atoms with E-state index < -0.39 is 10.0 Å². The molecule has 5 nitrogen and oxygen atoms in total. The van der Waals surface area contributed by atoms with Crippen LogP contribution in [0, 0.1) is 5.92 Å². The molecule has 0 radical (unpaired) electrons. The Labute approximate surface area is 175 Å². The number of piperidine rings is 1. The Hall–Kier alpha value is -1.70. The molecular weight excluding hydrogens is 440 g/mol. The number of carbonyl (C=O) groups is 1. The smallest absolute Gasteiger partial charge is 0.243 e. The van der Waals surface area contributed by atoms with Crippen LogP contribution in [0.3, 0.4) is 0 Å². The van der Waals surface area contributed by atoms with Gasteiger partial charge in [0.2, 0.25) is 15.9 Å². The van der Waals surface area contributed by atoms with Gasteiger partial charge >= 0.3 is 0 Å². The van der Waals surface area contributed by atoms with E-state index in [0.717, 1.165) is 16.5 Å². The summed E-state index contributed by atoms with van der Waals surface area (Å²) in [5, 5.41) is 3.14. The number of carbonyl (C=O) groups excluding carboxylic acids is 1. The highest BCUT2D eigenvalue weighted by atomic mass is 79.9. The van der Waals surface area contributed by atoms with E-state index in [1.807, 2.05) is 31.2 Å². The van der Waals surface area contributed by atoms with Crippen molar-refractivity contribution in [3.8, 4) is 0 Å². The fourth-order valence-corrected chi connectivity index (χ4v) is 5.26. The lowest BCUT2D eigenvalue weighted by atomic mass is 9.96. The van der Waals surface area contributed by atoms with E-state index in [1.54, 1.807) is 30.3 Å². The van der Waals surface area contributed by atoms with E-state index in [0.29, 0.717) is 30.8 Å². The van der Waals surface area contributed by atoms with Crippen molar-refractivity contribution in [2.24, 2.45) is 5.92 Å².